The van der Waals surface area contributed by atoms with Crippen molar-refractivity contribution >= 4 is 35.5 Å². The summed E-state index contributed by atoms with van der Waals surface area (Å²) in [5.41, 5.74) is 26.7. The number of carbonyl (C=O) groups is 6. The molecule has 0 aliphatic carbocycles. The lowest BCUT2D eigenvalue weighted by molar-refractivity contribution is -0.142. The molecule has 0 saturated heterocycles. The van der Waals surface area contributed by atoms with Gasteiger partial charge in [-0.05, 0) is 58.0 Å². The summed E-state index contributed by atoms with van der Waals surface area (Å²) in [6.07, 6.45) is 1.39. The lowest BCUT2D eigenvalue weighted by atomic mass is 10.0. The molecule has 0 rings (SSSR count). The molecule has 14 N–H and O–H groups in total. The average Bonchev–Trinajstić information content (AvgIpc) is 2.79. The highest BCUT2D eigenvalue weighted by Crippen LogP contribution is 2.07. The summed E-state index contributed by atoms with van der Waals surface area (Å²) < 4.78 is 0. The Morgan fingerprint density at radius 2 is 1.08 bits per heavy atom. The third-order valence-corrected chi connectivity index (χ3v) is 5.21. The zero-order chi connectivity index (χ0) is 27.7. The Kier molecular flexibility index (Phi) is 16.4. The highest BCUT2D eigenvalue weighted by Gasteiger charge is 2.30. The van der Waals surface area contributed by atoms with E-state index in [0.717, 1.165) is 0 Å². The summed E-state index contributed by atoms with van der Waals surface area (Å²) in [4.78, 5) is 72.0. The molecule has 36 heavy (non-hydrogen) atoms. The molecule has 0 bridgehead atoms. The van der Waals surface area contributed by atoms with Gasteiger partial charge < -0.3 is 49.7 Å². The zero-order valence-corrected chi connectivity index (χ0v) is 20.4. The van der Waals surface area contributed by atoms with Crippen molar-refractivity contribution in [2.75, 3.05) is 13.1 Å². The largest absolute Gasteiger partial charge is 0.480 e. The van der Waals surface area contributed by atoms with E-state index in [0.29, 0.717) is 38.8 Å². The van der Waals surface area contributed by atoms with Crippen LogP contribution in [-0.4, -0.2) is 77.9 Å². The molecular formula is C21H40N8O7. The first-order valence-electron chi connectivity index (χ1n) is 11.8. The Morgan fingerprint density at radius 3 is 1.53 bits per heavy atom. The SMILES string of the molecule is NCCCCC(NC(=O)C(CCCCN)NC(=O)C(CCC(N)=O)NC(=O)C(N)CC(N)=O)C(=O)O. The lowest BCUT2D eigenvalue weighted by Gasteiger charge is -2.25. The van der Waals surface area contributed by atoms with Gasteiger partial charge in [0.05, 0.1) is 12.5 Å². The van der Waals surface area contributed by atoms with Gasteiger partial charge in [0.25, 0.3) is 0 Å². The quantitative estimate of drug-likeness (QED) is 0.0712. The van der Waals surface area contributed by atoms with Crippen molar-refractivity contribution in [3.05, 3.63) is 0 Å². The maximum absolute atomic E-state index is 13.0. The van der Waals surface area contributed by atoms with E-state index in [9.17, 15) is 33.9 Å². The van der Waals surface area contributed by atoms with Crippen molar-refractivity contribution in [2.45, 2.75) is 82.0 Å². The van der Waals surface area contributed by atoms with Crippen LogP contribution in [0.4, 0.5) is 0 Å². The minimum absolute atomic E-state index is 0.140. The summed E-state index contributed by atoms with van der Waals surface area (Å²) in [7, 11) is 0. The molecule has 206 valence electrons. The summed E-state index contributed by atoms with van der Waals surface area (Å²) in [5, 5.41) is 16.7. The topological polar surface area (TPSA) is 289 Å². The van der Waals surface area contributed by atoms with E-state index in [2.05, 4.69) is 16.0 Å². The van der Waals surface area contributed by atoms with Gasteiger partial charge in [-0.3, -0.25) is 24.0 Å². The van der Waals surface area contributed by atoms with E-state index in [1.807, 2.05) is 0 Å². The van der Waals surface area contributed by atoms with Crippen molar-refractivity contribution < 1.29 is 33.9 Å². The Bertz CT molecular complexity index is 765. The molecular weight excluding hydrogens is 476 g/mol. The van der Waals surface area contributed by atoms with Crippen LogP contribution in [0, 0.1) is 0 Å². The molecule has 0 saturated carbocycles. The highest BCUT2D eigenvalue weighted by molar-refractivity contribution is 5.95. The fourth-order valence-electron chi connectivity index (χ4n) is 3.20. The van der Waals surface area contributed by atoms with Crippen molar-refractivity contribution in [3.8, 4) is 0 Å². The van der Waals surface area contributed by atoms with Crippen molar-refractivity contribution in [1.82, 2.24) is 16.0 Å². The number of primary amides is 2. The molecule has 0 aliphatic rings. The number of nitrogens with two attached hydrogens (primary N) is 5. The van der Waals surface area contributed by atoms with Gasteiger partial charge in [0.2, 0.25) is 29.5 Å². The van der Waals surface area contributed by atoms with Crippen LogP contribution in [0.3, 0.4) is 0 Å². The highest BCUT2D eigenvalue weighted by atomic mass is 16.4. The molecule has 0 heterocycles. The number of carbonyl (C=O) groups excluding carboxylic acids is 5. The minimum atomic E-state index is -1.33. The monoisotopic (exact) mass is 516 g/mol. The normalized spacial score (nSPS) is 14.1. The van der Waals surface area contributed by atoms with Crippen molar-refractivity contribution in [1.29, 1.82) is 0 Å². The third kappa shape index (κ3) is 14.2. The number of amides is 5. The Balaban J connectivity index is 5.55. The molecule has 4 atom stereocenters. The van der Waals surface area contributed by atoms with Crippen LogP contribution in [0.25, 0.3) is 0 Å². The van der Waals surface area contributed by atoms with Crippen LogP contribution in [-0.2, 0) is 28.8 Å². The van der Waals surface area contributed by atoms with E-state index in [1.54, 1.807) is 0 Å². The van der Waals surface area contributed by atoms with E-state index in [1.165, 1.54) is 0 Å². The Labute approximate surface area is 209 Å². The molecule has 0 spiro atoms. The van der Waals surface area contributed by atoms with Crippen molar-refractivity contribution in [3.63, 3.8) is 0 Å². The fraction of sp³-hybridized carbons (Fsp3) is 0.714. The second-order valence-electron chi connectivity index (χ2n) is 8.37. The number of aliphatic carboxylic acids is 1. The Morgan fingerprint density at radius 1 is 0.639 bits per heavy atom. The molecule has 0 aliphatic heterocycles. The number of carboxylic acid groups (broad SMARTS) is 1. The van der Waals surface area contributed by atoms with Crippen LogP contribution in [0.15, 0.2) is 0 Å². The summed E-state index contributed by atoms with van der Waals surface area (Å²) in [6, 6.07) is -4.98. The maximum atomic E-state index is 13.0. The molecule has 4 unspecified atom stereocenters. The van der Waals surface area contributed by atoms with E-state index in [-0.39, 0.29) is 25.7 Å². The molecule has 0 aromatic carbocycles. The standard InChI is InChI=1S/C21H40N8O7/c22-9-3-1-5-13(19(33)29-15(21(35)36)6-2-4-10-23)28-20(34)14(7-8-16(25)30)27-18(32)12(24)11-17(26)31/h12-15H,1-11,22-24H2,(H2,25,30)(H2,26,31)(H,27,32)(H,28,34)(H,29,33)(H,35,36). The van der Waals surface area contributed by atoms with E-state index >= 15 is 0 Å². The second kappa shape index (κ2) is 18.0. The van der Waals surface area contributed by atoms with Gasteiger partial charge in [-0.25, -0.2) is 4.79 Å². The van der Waals surface area contributed by atoms with Gasteiger partial charge in [-0.2, -0.15) is 0 Å². The zero-order valence-electron chi connectivity index (χ0n) is 20.4. The molecule has 0 aromatic rings. The van der Waals surface area contributed by atoms with Crippen LogP contribution in [0.5, 0.6) is 0 Å². The average molecular weight is 517 g/mol. The van der Waals surface area contributed by atoms with Gasteiger partial charge in [-0.15, -0.1) is 0 Å². The fourth-order valence-corrected chi connectivity index (χ4v) is 3.20. The van der Waals surface area contributed by atoms with Gasteiger partial charge >= 0.3 is 5.97 Å². The van der Waals surface area contributed by atoms with E-state index in [4.69, 9.17) is 28.7 Å². The number of hydrogen-bond acceptors (Lipinski definition) is 9. The number of hydrogen-bond donors (Lipinski definition) is 9. The molecule has 5 amide bonds. The van der Waals surface area contributed by atoms with Crippen LogP contribution in [0.2, 0.25) is 0 Å². The van der Waals surface area contributed by atoms with E-state index < -0.39 is 66.1 Å². The molecule has 15 nitrogen and oxygen atoms in total. The van der Waals surface area contributed by atoms with Gasteiger partial charge in [-0.1, -0.05) is 0 Å². The Hall–Kier alpha value is -3.30. The summed E-state index contributed by atoms with van der Waals surface area (Å²) >= 11 is 0. The molecule has 0 fully saturated rings. The summed E-state index contributed by atoms with van der Waals surface area (Å²) in [5.74, 6) is -5.21. The number of nitrogens with one attached hydrogen (secondary N) is 3. The maximum Gasteiger partial charge on any atom is 0.326 e. The minimum Gasteiger partial charge on any atom is -0.480 e. The smallest absolute Gasteiger partial charge is 0.326 e. The molecule has 0 aromatic heterocycles. The first kappa shape index (κ1) is 32.7. The predicted octanol–water partition coefficient (Wildman–Crippen LogP) is -3.75. The first-order chi connectivity index (χ1) is 16.9. The third-order valence-electron chi connectivity index (χ3n) is 5.21. The molecule has 0 radical (unpaired) electrons. The molecule has 15 heteroatoms. The first-order valence-corrected chi connectivity index (χ1v) is 11.8. The van der Waals surface area contributed by atoms with Gasteiger partial charge in [0.1, 0.15) is 18.1 Å². The second-order valence-corrected chi connectivity index (χ2v) is 8.37. The number of carboxylic acids is 1. The van der Waals surface area contributed by atoms with Crippen LogP contribution in [0.1, 0.15) is 57.8 Å². The van der Waals surface area contributed by atoms with Gasteiger partial charge in [0, 0.05) is 6.42 Å². The van der Waals surface area contributed by atoms with Crippen molar-refractivity contribution in [2.24, 2.45) is 28.7 Å². The predicted molar refractivity (Wildman–Crippen MR) is 129 cm³/mol. The number of unbranched alkanes of at least 4 members (excludes halogenated alkanes) is 2. The van der Waals surface area contributed by atoms with Crippen LogP contribution >= 0.6 is 0 Å². The summed E-state index contributed by atoms with van der Waals surface area (Å²) in [6.45, 7) is 0.716. The van der Waals surface area contributed by atoms with Gasteiger partial charge in [0.15, 0.2) is 0 Å². The lowest BCUT2D eigenvalue weighted by Crippen LogP contribution is -2.57. The van der Waals surface area contributed by atoms with Crippen LogP contribution < -0.4 is 44.6 Å². The number of rotatable bonds is 20.